The van der Waals surface area contributed by atoms with Crippen LogP contribution < -0.4 is 24.8 Å². The van der Waals surface area contributed by atoms with E-state index in [0.29, 0.717) is 0 Å². The van der Waals surface area contributed by atoms with Gasteiger partial charge in [-0.05, 0) is 17.4 Å². The van der Waals surface area contributed by atoms with Crippen LogP contribution in [0.2, 0.25) is 10.0 Å². The Morgan fingerprint density at radius 2 is 1.17 bits per heavy atom. The fourth-order valence-electron chi connectivity index (χ4n) is 5.07. The van der Waals surface area contributed by atoms with Crippen LogP contribution in [0.5, 0.6) is 0 Å². The normalized spacial score (nSPS) is 11.3. The van der Waals surface area contributed by atoms with Gasteiger partial charge in [-0.2, -0.15) is 47.5 Å². The fourth-order valence-corrected chi connectivity index (χ4v) is 6.32. The third kappa shape index (κ3) is 12.0. The van der Waals surface area contributed by atoms with Crippen molar-refractivity contribution >= 4 is 26.4 Å². The average Bonchev–Trinajstić information content (AvgIpc) is 3.66. The minimum Gasteiger partial charge on any atom is -1.00 e. The summed E-state index contributed by atoms with van der Waals surface area (Å²) in [5.74, 6) is 0. The Kier molecular flexibility index (Phi) is 15.8. The van der Waals surface area contributed by atoms with E-state index < -0.39 is 0 Å². The first-order chi connectivity index (χ1) is 20.8. The van der Waals surface area contributed by atoms with Gasteiger partial charge in [-0.1, -0.05) is 76.3 Å². The van der Waals surface area contributed by atoms with E-state index in [1.807, 2.05) is 54.6 Å². The number of hydrogen-bond donors (Lipinski definition) is 0. The Bertz CT molecular complexity index is 1530. The number of benzene rings is 4. The molecule has 0 radical (unpaired) electrons. The van der Waals surface area contributed by atoms with E-state index in [4.69, 9.17) is 23.2 Å². The van der Waals surface area contributed by atoms with Crippen molar-refractivity contribution in [1.82, 2.24) is 0 Å². The van der Waals surface area contributed by atoms with E-state index in [1.54, 1.807) is 0 Å². The van der Waals surface area contributed by atoms with E-state index in [0.717, 1.165) is 29.3 Å². The molecule has 46 heavy (non-hydrogen) atoms. The van der Waals surface area contributed by atoms with Crippen molar-refractivity contribution in [3.63, 3.8) is 0 Å². The number of halogens is 4. The molecule has 1 aliphatic carbocycles. The minimum atomic E-state index is 0. The first-order valence-electron chi connectivity index (χ1n) is 15.2. The molecule has 0 saturated carbocycles. The number of rotatable bonds is 4. The maximum absolute atomic E-state index is 5.88. The van der Waals surface area contributed by atoms with Crippen LogP contribution in [0.1, 0.15) is 74.9 Å². The zero-order valence-electron chi connectivity index (χ0n) is 27.5. The number of hydrogen-bond acceptors (Lipinski definition) is 0. The molecule has 0 fully saturated rings. The molecule has 0 N–H and O–H groups in total. The SMILES string of the molecule is CC(C)(C)c1c[c-]c2c(c1)-c1cc(C(C)(C)C)ccc1C2.Clc1ccc(C[C](=[Zr+2])Cc2ccc(Cl)cc2)cc1.[Cl-].[Cl-].c1cc[cH-]c1. The van der Waals surface area contributed by atoms with E-state index in [9.17, 15) is 0 Å². The zero-order chi connectivity index (χ0) is 31.9. The van der Waals surface area contributed by atoms with Crippen LogP contribution in [0.15, 0.2) is 109 Å². The first-order valence-corrected chi connectivity index (χ1v) is 17.2. The van der Waals surface area contributed by atoms with Crippen molar-refractivity contribution in [2.75, 3.05) is 0 Å². The number of fused-ring (bicyclic) bond motifs is 3. The van der Waals surface area contributed by atoms with E-state index in [2.05, 4.69) is 102 Å². The van der Waals surface area contributed by atoms with Gasteiger partial charge in [-0.3, -0.25) is 0 Å². The Labute approximate surface area is 314 Å². The summed E-state index contributed by atoms with van der Waals surface area (Å²) in [4.78, 5) is 0. The summed E-state index contributed by atoms with van der Waals surface area (Å²) in [6, 6.07) is 41.2. The third-order valence-corrected chi connectivity index (χ3v) is 9.12. The van der Waals surface area contributed by atoms with Crippen LogP contribution in [-0.4, -0.2) is 3.21 Å². The molecule has 0 aliphatic heterocycles. The predicted molar refractivity (Wildman–Crippen MR) is 188 cm³/mol. The second-order valence-corrected chi connectivity index (χ2v) is 16.1. The summed E-state index contributed by atoms with van der Waals surface area (Å²) < 4.78 is 1.52. The van der Waals surface area contributed by atoms with Gasteiger partial charge >= 0.3 is 133 Å². The zero-order valence-corrected chi connectivity index (χ0v) is 33.0. The van der Waals surface area contributed by atoms with E-state index in [-0.39, 0.29) is 35.6 Å². The van der Waals surface area contributed by atoms with Gasteiger partial charge in [-0.15, -0.1) is 5.56 Å². The van der Waals surface area contributed by atoms with Crippen LogP contribution in [0, 0.1) is 6.07 Å². The van der Waals surface area contributed by atoms with E-state index in [1.165, 1.54) is 71.9 Å². The molecular formula is C41H42Cl4Zr-2. The molecule has 1 aliphatic rings. The van der Waals surface area contributed by atoms with Crippen LogP contribution in [0.3, 0.4) is 0 Å². The molecule has 0 nitrogen and oxygen atoms in total. The molecule has 0 saturated heterocycles. The van der Waals surface area contributed by atoms with Gasteiger partial charge in [0.15, 0.2) is 0 Å². The third-order valence-electron chi connectivity index (χ3n) is 7.74. The van der Waals surface area contributed by atoms with Gasteiger partial charge in [0.25, 0.3) is 0 Å². The van der Waals surface area contributed by atoms with Crippen LogP contribution in [-0.2, 0) is 54.3 Å². The summed E-state index contributed by atoms with van der Waals surface area (Å²) in [7, 11) is 0. The molecule has 0 heterocycles. The summed E-state index contributed by atoms with van der Waals surface area (Å²) in [6.45, 7) is 13.6. The Balaban J connectivity index is 0.000000270. The Hall–Kier alpha value is -1.86. The second kappa shape index (κ2) is 18.1. The van der Waals surface area contributed by atoms with Crippen molar-refractivity contribution in [2.24, 2.45) is 0 Å². The Morgan fingerprint density at radius 3 is 1.61 bits per heavy atom. The molecule has 5 aromatic rings. The maximum atomic E-state index is 5.88. The van der Waals surface area contributed by atoms with E-state index >= 15 is 0 Å². The summed E-state index contributed by atoms with van der Waals surface area (Å²) in [5, 5.41) is 1.59. The second-order valence-electron chi connectivity index (χ2n) is 13.5. The molecule has 0 spiro atoms. The van der Waals surface area contributed by atoms with Crippen LogP contribution in [0.4, 0.5) is 0 Å². The van der Waals surface area contributed by atoms with Gasteiger partial charge in [0.2, 0.25) is 0 Å². The van der Waals surface area contributed by atoms with Crippen LogP contribution >= 0.6 is 23.2 Å². The van der Waals surface area contributed by atoms with Crippen molar-refractivity contribution < 1.29 is 49.0 Å². The summed E-state index contributed by atoms with van der Waals surface area (Å²) in [6.07, 6.45) is 3.08. The maximum Gasteiger partial charge on any atom is -0.172 e. The first kappa shape index (κ1) is 40.3. The molecule has 6 rings (SSSR count). The van der Waals surface area contributed by atoms with Crippen molar-refractivity contribution in [3.8, 4) is 11.1 Å². The van der Waals surface area contributed by atoms with Gasteiger partial charge in [0, 0.05) is 0 Å². The van der Waals surface area contributed by atoms with Gasteiger partial charge in [0.05, 0.1) is 0 Å². The molecule has 0 atom stereocenters. The van der Waals surface area contributed by atoms with Gasteiger partial charge < -0.3 is 24.8 Å². The predicted octanol–water partition coefficient (Wildman–Crippen LogP) is 5.56. The smallest absolute Gasteiger partial charge is 0.172 e. The molecule has 0 unspecified atom stereocenters. The molecule has 5 heteroatoms. The Morgan fingerprint density at radius 1 is 0.696 bits per heavy atom. The van der Waals surface area contributed by atoms with Gasteiger partial charge in [0.1, 0.15) is 0 Å². The topological polar surface area (TPSA) is 0 Å². The largest absolute Gasteiger partial charge is 1.00 e. The summed E-state index contributed by atoms with van der Waals surface area (Å²) in [5.41, 5.74) is 11.4. The molecular weight excluding hydrogens is 725 g/mol. The van der Waals surface area contributed by atoms with Crippen LogP contribution in [0.25, 0.3) is 11.1 Å². The monoisotopic (exact) mass is 764 g/mol. The molecule has 0 amide bonds. The molecule has 0 bridgehead atoms. The molecule has 0 aromatic heterocycles. The van der Waals surface area contributed by atoms with Crippen molar-refractivity contribution in [2.45, 2.75) is 71.6 Å². The molecule has 240 valence electrons. The standard InChI is InChI=1S/C21H25.C15H12Cl2.C5H5.2ClH.Zr/c1-20(2,3)16-9-7-14-11-15-8-10-17(21(4,5)6)13-19(15)18(14)12-16;16-14-8-4-12(5-9-14)2-1-3-13-6-10-15(17)11-7-13;1-2-4-5-3-1;;;/h7,9-10,12-13H,11H2,1-6H3;4-11H,2-3H2;1-5H;2*1H;/q-1;;-1;;;+2/p-2. The fraction of sp³-hybridized carbons (Fsp3) is 0.268. The van der Waals surface area contributed by atoms with Crippen molar-refractivity contribution in [1.29, 1.82) is 0 Å². The molecule has 5 aromatic carbocycles. The van der Waals surface area contributed by atoms with Gasteiger partial charge in [-0.25, -0.2) is 12.1 Å². The summed E-state index contributed by atoms with van der Waals surface area (Å²) >= 11 is 13.2. The van der Waals surface area contributed by atoms with Crippen molar-refractivity contribution in [3.05, 3.63) is 159 Å². The average molecular weight is 768 g/mol. The minimum absolute atomic E-state index is 0. The quantitative estimate of drug-likeness (QED) is 0.206.